The van der Waals surface area contributed by atoms with Crippen molar-refractivity contribution in [1.29, 1.82) is 0 Å². The third-order valence-corrected chi connectivity index (χ3v) is 4.61. The lowest BCUT2D eigenvalue weighted by atomic mass is 10.0. The summed E-state index contributed by atoms with van der Waals surface area (Å²) in [5.74, 6) is -0.898. The van der Waals surface area contributed by atoms with Crippen LogP contribution in [0.3, 0.4) is 0 Å². The first-order valence-electron chi connectivity index (χ1n) is 9.38. The molecule has 0 saturated carbocycles. The molecule has 7 nitrogen and oxygen atoms in total. The largest absolute Gasteiger partial charge is 0.452 e. The Kier molecular flexibility index (Phi) is 6.03. The number of hydrogen-bond donors (Lipinski definition) is 1. The number of nitrogens with one attached hydrogen (secondary N) is 1. The summed E-state index contributed by atoms with van der Waals surface area (Å²) in [4.78, 5) is 24.5. The third kappa shape index (κ3) is 4.36. The molecule has 0 aliphatic heterocycles. The fourth-order valence-electron chi connectivity index (χ4n) is 3.00. The van der Waals surface area contributed by atoms with Crippen LogP contribution in [0, 0.1) is 6.92 Å². The van der Waals surface area contributed by atoms with E-state index < -0.39 is 5.97 Å². The van der Waals surface area contributed by atoms with E-state index in [4.69, 9.17) is 4.74 Å². The van der Waals surface area contributed by atoms with E-state index in [1.54, 1.807) is 22.9 Å². The highest BCUT2D eigenvalue weighted by molar-refractivity contribution is 5.94. The number of hydrogen-bond acceptors (Lipinski definition) is 5. The van der Waals surface area contributed by atoms with Gasteiger partial charge in [-0.3, -0.25) is 4.79 Å². The minimum atomic E-state index is -0.563. The Morgan fingerprint density at radius 1 is 1.14 bits per heavy atom. The Balaban J connectivity index is 1.59. The molecule has 0 aliphatic rings. The fourth-order valence-corrected chi connectivity index (χ4v) is 3.00. The maximum atomic E-state index is 12.3. The van der Waals surface area contributed by atoms with Crippen molar-refractivity contribution in [2.75, 3.05) is 6.61 Å². The van der Waals surface area contributed by atoms with Gasteiger partial charge in [-0.05, 0) is 44.0 Å². The Morgan fingerprint density at radius 2 is 1.89 bits per heavy atom. The number of aromatic nitrogens is 3. The van der Waals surface area contributed by atoms with Crippen LogP contribution in [-0.4, -0.2) is 33.5 Å². The predicted octanol–water partition coefficient (Wildman–Crippen LogP) is 3.18. The molecule has 0 aliphatic carbocycles. The first kappa shape index (κ1) is 19.5. The number of fused-ring (bicyclic) bond motifs is 1. The van der Waals surface area contributed by atoms with Gasteiger partial charge in [-0.2, -0.15) is 0 Å². The zero-order valence-electron chi connectivity index (χ0n) is 16.3. The minimum absolute atomic E-state index is 0.118. The van der Waals surface area contributed by atoms with Crippen LogP contribution in [0.4, 0.5) is 0 Å². The number of esters is 1. The van der Waals surface area contributed by atoms with Crippen molar-refractivity contribution in [2.24, 2.45) is 0 Å². The number of benzene rings is 2. The Labute approximate surface area is 163 Å². The van der Waals surface area contributed by atoms with Gasteiger partial charge < -0.3 is 10.1 Å². The number of carbonyl (C=O) groups excluding carboxylic acids is 2. The molecule has 1 heterocycles. The van der Waals surface area contributed by atoms with Crippen molar-refractivity contribution >= 4 is 22.9 Å². The van der Waals surface area contributed by atoms with E-state index in [9.17, 15) is 9.59 Å². The second kappa shape index (κ2) is 8.65. The van der Waals surface area contributed by atoms with Crippen LogP contribution in [0.5, 0.6) is 0 Å². The van der Waals surface area contributed by atoms with E-state index in [0.29, 0.717) is 17.6 Å². The highest BCUT2D eigenvalue weighted by Gasteiger charge is 2.16. The molecule has 28 heavy (non-hydrogen) atoms. The van der Waals surface area contributed by atoms with Crippen molar-refractivity contribution in [3.63, 3.8) is 0 Å². The molecule has 2 aromatic carbocycles. The average molecular weight is 380 g/mol. The van der Waals surface area contributed by atoms with Crippen molar-refractivity contribution in [3.05, 3.63) is 59.2 Å². The third-order valence-electron chi connectivity index (χ3n) is 4.61. The van der Waals surface area contributed by atoms with Crippen LogP contribution in [0.2, 0.25) is 0 Å². The first-order chi connectivity index (χ1) is 13.5. The van der Waals surface area contributed by atoms with Crippen molar-refractivity contribution < 1.29 is 14.3 Å². The van der Waals surface area contributed by atoms with Gasteiger partial charge in [0, 0.05) is 6.54 Å². The van der Waals surface area contributed by atoms with Gasteiger partial charge in [-0.1, -0.05) is 42.0 Å². The molecular formula is C21H24N4O3. The zero-order chi connectivity index (χ0) is 20.1. The normalized spacial score (nSPS) is 12.0. The lowest BCUT2D eigenvalue weighted by Crippen LogP contribution is -2.32. The predicted molar refractivity (Wildman–Crippen MR) is 106 cm³/mol. The topological polar surface area (TPSA) is 86.1 Å². The molecule has 1 aromatic heterocycles. The molecule has 1 amide bonds. The molecule has 3 rings (SSSR count). The number of nitrogens with zero attached hydrogens (tertiary/aromatic N) is 3. The summed E-state index contributed by atoms with van der Waals surface area (Å²) in [5.41, 5.74) is 3.99. The smallest absolute Gasteiger partial charge is 0.338 e. The molecule has 7 heteroatoms. The van der Waals surface area contributed by atoms with Gasteiger partial charge >= 0.3 is 5.97 Å². The second-order valence-electron chi connectivity index (χ2n) is 6.62. The van der Waals surface area contributed by atoms with Gasteiger partial charge in [-0.15, -0.1) is 5.10 Å². The van der Waals surface area contributed by atoms with E-state index in [1.807, 2.05) is 45.0 Å². The summed E-state index contributed by atoms with van der Waals surface area (Å²) in [6.07, 6.45) is 0.743. The first-order valence-corrected chi connectivity index (χ1v) is 9.38. The Bertz CT molecular complexity index is 979. The standard InChI is InChI=1S/C21H24N4O3/c1-4-17(15-8-6-14(3)7-9-15)22-20(26)13-28-21(27)16-10-11-19-18(12-16)23-24-25(19)5-2/h6-12,17H,4-5,13H2,1-3H3,(H,22,26)/t17-/m1/s1. The van der Waals surface area contributed by atoms with E-state index in [1.165, 1.54) is 0 Å². The van der Waals surface area contributed by atoms with Crippen LogP contribution in [0.1, 0.15) is 47.8 Å². The zero-order valence-corrected chi connectivity index (χ0v) is 16.3. The summed E-state index contributed by atoms with van der Waals surface area (Å²) < 4.78 is 6.91. The van der Waals surface area contributed by atoms with Crippen molar-refractivity contribution in [3.8, 4) is 0 Å². The van der Waals surface area contributed by atoms with Crippen LogP contribution in [-0.2, 0) is 16.1 Å². The van der Waals surface area contributed by atoms with E-state index in [-0.39, 0.29) is 18.6 Å². The lowest BCUT2D eigenvalue weighted by Gasteiger charge is -2.17. The van der Waals surface area contributed by atoms with Crippen molar-refractivity contribution in [2.45, 2.75) is 39.8 Å². The lowest BCUT2D eigenvalue weighted by molar-refractivity contribution is -0.125. The summed E-state index contributed by atoms with van der Waals surface area (Å²) >= 11 is 0. The number of rotatable bonds is 7. The Hall–Kier alpha value is -3.22. The minimum Gasteiger partial charge on any atom is -0.452 e. The maximum Gasteiger partial charge on any atom is 0.338 e. The highest BCUT2D eigenvalue weighted by Crippen LogP contribution is 2.17. The van der Waals surface area contributed by atoms with Gasteiger partial charge in [0.25, 0.3) is 5.91 Å². The fraction of sp³-hybridized carbons (Fsp3) is 0.333. The number of ether oxygens (including phenoxy) is 1. The quantitative estimate of drug-likeness (QED) is 0.636. The summed E-state index contributed by atoms with van der Waals surface area (Å²) in [6.45, 7) is 6.34. The molecule has 0 unspecified atom stereocenters. The maximum absolute atomic E-state index is 12.3. The van der Waals surface area contributed by atoms with Crippen LogP contribution < -0.4 is 5.32 Å². The second-order valence-corrected chi connectivity index (χ2v) is 6.62. The summed E-state index contributed by atoms with van der Waals surface area (Å²) in [7, 11) is 0. The van der Waals surface area contributed by atoms with Gasteiger partial charge in [0.1, 0.15) is 5.52 Å². The van der Waals surface area contributed by atoms with Crippen LogP contribution in [0.25, 0.3) is 11.0 Å². The molecule has 0 saturated heterocycles. The van der Waals surface area contributed by atoms with E-state index in [2.05, 4.69) is 15.6 Å². The average Bonchev–Trinajstić information content (AvgIpc) is 3.13. The molecular weight excluding hydrogens is 356 g/mol. The van der Waals surface area contributed by atoms with Gasteiger partial charge in [0.15, 0.2) is 6.61 Å². The van der Waals surface area contributed by atoms with Crippen LogP contribution >= 0.6 is 0 Å². The highest BCUT2D eigenvalue weighted by atomic mass is 16.5. The number of aryl methyl sites for hydroxylation is 2. The van der Waals surface area contributed by atoms with E-state index in [0.717, 1.165) is 23.1 Å². The Morgan fingerprint density at radius 3 is 2.57 bits per heavy atom. The molecule has 1 N–H and O–H groups in total. The molecule has 0 spiro atoms. The van der Waals surface area contributed by atoms with Crippen molar-refractivity contribution in [1.82, 2.24) is 20.3 Å². The number of carbonyl (C=O) groups is 2. The number of amides is 1. The summed E-state index contributed by atoms with van der Waals surface area (Å²) in [6, 6.07) is 12.9. The molecule has 0 bridgehead atoms. The van der Waals surface area contributed by atoms with Crippen LogP contribution in [0.15, 0.2) is 42.5 Å². The van der Waals surface area contributed by atoms with E-state index >= 15 is 0 Å². The van der Waals surface area contributed by atoms with Gasteiger partial charge in [-0.25, -0.2) is 9.48 Å². The molecule has 1 atom stereocenters. The molecule has 0 radical (unpaired) electrons. The molecule has 3 aromatic rings. The monoisotopic (exact) mass is 380 g/mol. The van der Waals surface area contributed by atoms with Gasteiger partial charge in [0.2, 0.25) is 0 Å². The molecule has 0 fully saturated rings. The molecule has 146 valence electrons. The van der Waals surface area contributed by atoms with Gasteiger partial charge in [0.05, 0.1) is 17.1 Å². The summed E-state index contributed by atoms with van der Waals surface area (Å²) in [5, 5.41) is 11.0. The SMILES string of the molecule is CC[C@@H](NC(=O)COC(=O)c1ccc2c(c1)nnn2CC)c1ccc(C)cc1.